The predicted octanol–water partition coefficient (Wildman–Crippen LogP) is 3.63. The zero-order valence-corrected chi connectivity index (χ0v) is 9.70. The summed E-state index contributed by atoms with van der Waals surface area (Å²) < 4.78 is 26.0. The van der Waals surface area contributed by atoms with Crippen molar-refractivity contribution in [3.8, 4) is 11.1 Å². The number of hydrogen-bond donors (Lipinski definition) is 0. The van der Waals surface area contributed by atoms with Crippen molar-refractivity contribution in [2.45, 2.75) is 0 Å². The van der Waals surface area contributed by atoms with Crippen LogP contribution in [0.2, 0.25) is 0 Å². The molecule has 1 heterocycles. The summed E-state index contributed by atoms with van der Waals surface area (Å²) in [6.45, 7) is 0. The van der Waals surface area contributed by atoms with Crippen LogP contribution in [0.25, 0.3) is 11.1 Å². The summed E-state index contributed by atoms with van der Waals surface area (Å²) in [6, 6.07) is 7.69. The van der Waals surface area contributed by atoms with Crippen LogP contribution < -0.4 is 0 Å². The monoisotopic (exact) mass is 317 g/mol. The molecule has 0 atom stereocenters. The van der Waals surface area contributed by atoms with E-state index in [0.717, 1.165) is 11.1 Å². The second-order valence-electron chi connectivity index (χ2n) is 3.00. The van der Waals surface area contributed by atoms with Gasteiger partial charge in [-0.25, -0.2) is 9.37 Å². The van der Waals surface area contributed by atoms with Crippen LogP contribution in [-0.4, -0.2) is 4.98 Å². The van der Waals surface area contributed by atoms with Crippen LogP contribution in [0.1, 0.15) is 0 Å². The molecule has 76 valence electrons. The maximum absolute atomic E-state index is 12.9. The van der Waals surface area contributed by atoms with E-state index in [9.17, 15) is 8.78 Å². The van der Waals surface area contributed by atoms with Gasteiger partial charge in [0.25, 0.3) is 0 Å². The van der Waals surface area contributed by atoms with E-state index >= 15 is 0 Å². The lowest BCUT2D eigenvalue weighted by Gasteiger charge is -2.01. The zero-order chi connectivity index (χ0) is 10.8. The van der Waals surface area contributed by atoms with Crippen molar-refractivity contribution >= 4 is 22.6 Å². The molecular weight excluding hydrogens is 311 g/mol. The molecule has 0 unspecified atom stereocenters. The van der Waals surface area contributed by atoms with E-state index < -0.39 is 5.95 Å². The first-order valence-electron chi connectivity index (χ1n) is 4.24. The van der Waals surface area contributed by atoms with Gasteiger partial charge in [0.1, 0.15) is 5.82 Å². The maximum Gasteiger partial charge on any atom is 0.226 e. The molecule has 0 radical (unpaired) electrons. The molecule has 0 aliphatic carbocycles. The van der Waals surface area contributed by atoms with Crippen LogP contribution in [0.3, 0.4) is 0 Å². The first-order chi connectivity index (χ1) is 7.16. The smallest absolute Gasteiger partial charge is 0.226 e. The van der Waals surface area contributed by atoms with Crippen molar-refractivity contribution in [3.63, 3.8) is 0 Å². The molecule has 15 heavy (non-hydrogen) atoms. The minimum Gasteiger partial charge on any atom is -0.227 e. The summed E-state index contributed by atoms with van der Waals surface area (Å²) >= 11 is 1.87. The Morgan fingerprint density at radius 3 is 2.27 bits per heavy atom. The zero-order valence-electron chi connectivity index (χ0n) is 7.55. The van der Waals surface area contributed by atoms with E-state index in [4.69, 9.17) is 0 Å². The van der Waals surface area contributed by atoms with Crippen LogP contribution >= 0.6 is 22.6 Å². The average molecular weight is 317 g/mol. The normalized spacial score (nSPS) is 10.3. The van der Waals surface area contributed by atoms with Gasteiger partial charge in [0, 0.05) is 11.8 Å². The Labute approximate surface area is 99.3 Å². The number of pyridine rings is 1. The highest BCUT2D eigenvalue weighted by Crippen LogP contribution is 2.21. The van der Waals surface area contributed by atoms with Crippen molar-refractivity contribution in [2.75, 3.05) is 0 Å². The lowest BCUT2D eigenvalue weighted by atomic mass is 10.1. The molecule has 0 fully saturated rings. The molecule has 0 N–H and O–H groups in total. The molecule has 0 amide bonds. The summed E-state index contributed by atoms with van der Waals surface area (Å²) in [7, 11) is 0. The van der Waals surface area contributed by atoms with Crippen LogP contribution in [0.4, 0.5) is 8.78 Å². The highest BCUT2D eigenvalue weighted by Gasteiger charge is 2.03. The second kappa shape index (κ2) is 4.22. The van der Waals surface area contributed by atoms with Gasteiger partial charge < -0.3 is 0 Å². The van der Waals surface area contributed by atoms with E-state index in [1.54, 1.807) is 18.2 Å². The molecule has 1 nitrogen and oxygen atoms in total. The van der Waals surface area contributed by atoms with Crippen LogP contribution in [0, 0.1) is 15.3 Å². The third kappa shape index (κ3) is 2.31. The second-order valence-corrected chi connectivity index (χ2v) is 4.17. The van der Waals surface area contributed by atoms with Crippen molar-refractivity contribution in [3.05, 3.63) is 51.9 Å². The number of halogens is 3. The Kier molecular flexibility index (Phi) is 2.95. The van der Waals surface area contributed by atoms with E-state index in [1.807, 2.05) is 22.6 Å². The standard InChI is InChI=1S/C11H6F2IN/c12-9-3-1-7(2-4-9)8-5-10(14)11(13)15-6-8/h1-6H. The first kappa shape index (κ1) is 10.5. The number of benzene rings is 1. The van der Waals surface area contributed by atoms with Gasteiger partial charge in [0.2, 0.25) is 5.95 Å². The van der Waals surface area contributed by atoms with Gasteiger partial charge in [0.05, 0.1) is 3.57 Å². The number of hydrogen-bond acceptors (Lipinski definition) is 1. The summed E-state index contributed by atoms with van der Waals surface area (Å²) in [5.41, 5.74) is 1.60. The van der Waals surface area contributed by atoms with Gasteiger partial charge >= 0.3 is 0 Å². The Morgan fingerprint density at radius 1 is 1.00 bits per heavy atom. The van der Waals surface area contributed by atoms with Crippen LogP contribution in [0.15, 0.2) is 36.5 Å². The summed E-state index contributed by atoms with van der Waals surface area (Å²) in [5.74, 6) is -0.773. The summed E-state index contributed by atoms with van der Waals surface area (Å²) in [4.78, 5) is 3.61. The van der Waals surface area contributed by atoms with E-state index in [2.05, 4.69) is 4.98 Å². The van der Waals surface area contributed by atoms with Gasteiger partial charge in [-0.3, -0.25) is 0 Å². The lowest BCUT2D eigenvalue weighted by molar-refractivity contribution is 0.576. The molecule has 0 spiro atoms. The van der Waals surface area contributed by atoms with E-state index in [-0.39, 0.29) is 5.82 Å². The molecule has 0 bridgehead atoms. The maximum atomic E-state index is 12.9. The van der Waals surface area contributed by atoms with Gasteiger partial charge in [-0.2, -0.15) is 4.39 Å². The topological polar surface area (TPSA) is 12.9 Å². The Morgan fingerprint density at radius 2 is 1.67 bits per heavy atom. The van der Waals surface area contributed by atoms with Crippen molar-refractivity contribution < 1.29 is 8.78 Å². The predicted molar refractivity (Wildman–Crippen MR) is 62.3 cm³/mol. The van der Waals surface area contributed by atoms with Gasteiger partial charge in [-0.15, -0.1) is 0 Å². The molecule has 4 heteroatoms. The highest BCUT2D eigenvalue weighted by molar-refractivity contribution is 14.1. The fourth-order valence-corrected chi connectivity index (χ4v) is 1.70. The van der Waals surface area contributed by atoms with Crippen LogP contribution in [-0.2, 0) is 0 Å². The average Bonchev–Trinajstić information content (AvgIpc) is 2.23. The van der Waals surface area contributed by atoms with Gasteiger partial charge in [-0.05, 0) is 46.4 Å². The Hall–Kier alpha value is -1.04. The van der Waals surface area contributed by atoms with Gasteiger partial charge in [0.15, 0.2) is 0 Å². The molecule has 0 aliphatic heterocycles. The number of aromatic nitrogens is 1. The minimum absolute atomic E-state index is 0.288. The van der Waals surface area contributed by atoms with Crippen molar-refractivity contribution in [1.29, 1.82) is 0 Å². The molecule has 1 aromatic carbocycles. The largest absolute Gasteiger partial charge is 0.227 e. The summed E-state index contributed by atoms with van der Waals surface area (Å²) in [5, 5.41) is 0. The van der Waals surface area contributed by atoms with E-state index in [1.165, 1.54) is 18.3 Å². The first-order valence-corrected chi connectivity index (χ1v) is 5.31. The SMILES string of the molecule is Fc1ccc(-c2cnc(F)c(I)c2)cc1. The Balaban J connectivity index is 2.45. The molecule has 0 aliphatic rings. The van der Waals surface area contributed by atoms with Crippen LogP contribution in [0.5, 0.6) is 0 Å². The molecule has 0 saturated carbocycles. The lowest BCUT2D eigenvalue weighted by Crippen LogP contribution is -1.89. The molecule has 2 rings (SSSR count). The molecule has 0 saturated heterocycles. The van der Waals surface area contributed by atoms with Gasteiger partial charge in [-0.1, -0.05) is 12.1 Å². The fourth-order valence-electron chi connectivity index (χ4n) is 1.22. The number of rotatable bonds is 1. The van der Waals surface area contributed by atoms with Crippen molar-refractivity contribution in [1.82, 2.24) is 4.98 Å². The Bertz CT molecular complexity index is 482. The fraction of sp³-hybridized carbons (Fsp3) is 0. The third-order valence-corrected chi connectivity index (χ3v) is 2.73. The molecule has 2 aromatic rings. The minimum atomic E-state index is -0.485. The quantitative estimate of drug-likeness (QED) is 0.578. The van der Waals surface area contributed by atoms with E-state index in [0.29, 0.717) is 3.57 Å². The summed E-state index contributed by atoms with van der Waals surface area (Å²) in [6.07, 6.45) is 1.44. The van der Waals surface area contributed by atoms with Crippen molar-refractivity contribution in [2.24, 2.45) is 0 Å². The highest BCUT2D eigenvalue weighted by atomic mass is 127. The number of nitrogens with zero attached hydrogens (tertiary/aromatic N) is 1. The molecular formula is C11H6F2IN. The molecule has 1 aromatic heterocycles. The third-order valence-electron chi connectivity index (χ3n) is 1.97.